The summed E-state index contributed by atoms with van der Waals surface area (Å²) < 4.78 is 29.3. The van der Waals surface area contributed by atoms with Crippen molar-refractivity contribution in [1.29, 1.82) is 0 Å². The van der Waals surface area contributed by atoms with E-state index in [2.05, 4.69) is 9.72 Å². The van der Waals surface area contributed by atoms with Crippen molar-refractivity contribution in [3.05, 3.63) is 45.4 Å². The lowest BCUT2D eigenvalue weighted by atomic mass is 10.0. The highest BCUT2D eigenvalue weighted by Gasteiger charge is 2.17. The first-order valence-corrected chi connectivity index (χ1v) is 7.01. The smallest absolute Gasteiger partial charge is 0.387 e. The molecule has 0 aliphatic heterocycles. The van der Waals surface area contributed by atoms with Crippen LogP contribution in [0.2, 0.25) is 0 Å². The summed E-state index contributed by atoms with van der Waals surface area (Å²) in [6.07, 6.45) is 0.503. The molecule has 2 rings (SSSR count). The third-order valence-corrected chi connectivity index (χ3v) is 4.10. The van der Waals surface area contributed by atoms with Crippen molar-refractivity contribution in [1.82, 2.24) is 4.98 Å². The second-order valence-electron chi connectivity index (χ2n) is 4.48. The second kappa shape index (κ2) is 6.28. The van der Waals surface area contributed by atoms with Gasteiger partial charge in [-0.25, -0.2) is 4.98 Å². The molecule has 0 saturated carbocycles. The highest BCUT2D eigenvalue weighted by molar-refractivity contribution is 7.11. The van der Waals surface area contributed by atoms with Crippen molar-refractivity contribution in [2.24, 2.45) is 5.73 Å². The Kier molecular flexibility index (Phi) is 4.67. The Morgan fingerprint density at radius 1 is 1.30 bits per heavy atom. The fourth-order valence-corrected chi connectivity index (χ4v) is 2.91. The number of rotatable bonds is 5. The molecule has 0 spiro atoms. The molecular weight excluding hydrogens is 282 g/mol. The average molecular weight is 298 g/mol. The number of aromatic nitrogens is 1. The number of nitrogens with zero attached hydrogens (tertiary/aromatic N) is 1. The van der Waals surface area contributed by atoms with Gasteiger partial charge in [-0.05, 0) is 19.9 Å². The van der Waals surface area contributed by atoms with Gasteiger partial charge < -0.3 is 10.5 Å². The van der Waals surface area contributed by atoms with E-state index in [1.165, 1.54) is 6.07 Å². The molecule has 1 heterocycles. The topological polar surface area (TPSA) is 48.1 Å². The molecule has 20 heavy (non-hydrogen) atoms. The third-order valence-electron chi connectivity index (χ3n) is 3.00. The summed E-state index contributed by atoms with van der Waals surface area (Å²) in [5.41, 5.74) is 7.65. The van der Waals surface area contributed by atoms with Crippen LogP contribution in [0.15, 0.2) is 24.3 Å². The number of ether oxygens (including phenoxy) is 1. The molecule has 0 bridgehead atoms. The molecule has 3 nitrogen and oxygen atoms in total. The number of thiazole rings is 1. The molecule has 0 radical (unpaired) electrons. The first-order chi connectivity index (χ1) is 9.47. The van der Waals surface area contributed by atoms with Gasteiger partial charge >= 0.3 is 6.61 Å². The maximum absolute atomic E-state index is 12.4. The lowest BCUT2D eigenvalue weighted by Crippen LogP contribution is -2.15. The molecule has 2 aromatic rings. The first kappa shape index (κ1) is 14.9. The van der Waals surface area contributed by atoms with Gasteiger partial charge in [0.05, 0.1) is 10.7 Å². The predicted octanol–water partition coefficient (Wildman–Crippen LogP) is 3.60. The highest BCUT2D eigenvalue weighted by atomic mass is 32.1. The number of hydrogen-bond donors (Lipinski definition) is 1. The van der Waals surface area contributed by atoms with Crippen molar-refractivity contribution >= 4 is 11.3 Å². The van der Waals surface area contributed by atoms with Crippen LogP contribution in [-0.4, -0.2) is 11.6 Å². The van der Waals surface area contributed by atoms with Gasteiger partial charge in [-0.3, -0.25) is 0 Å². The molecule has 6 heteroatoms. The van der Waals surface area contributed by atoms with Crippen LogP contribution in [0.5, 0.6) is 5.75 Å². The van der Waals surface area contributed by atoms with Crippen LogP contribution in [0.1, 0.15) is 27.2 Å². The van der Waals surface area contributed by atoms with Crippen LogP contribution in [0.3, 0.4) is 0 Å². The summed E-state index contributed by atoms with van der Waals surface area (Å²) in [7, 11) is 0. The van der Waals surface area contributed by atoms with E-state index in [1.54, 1.807) is 29.5 Å². The molecule has 0 fully saturated rings. The van der Waals surface area contributed by atoms with Crippen LogP contribution < -0.4 is 10.5 Å². The minimum atomic E-state index is -2.85. The largest absolute Gasteiger partial charge is 0.434 e. The van der Waals surface area contributed by atoms with Crippen LogP contribution in [0.4, 0.5) is 8.78 Å². The third kappa shape index (κ3) is 3.52. The Morgan fingerprint density at radius 2 is 2.00 bits per heavy atom. The molecule has 1 atom stereocenters. The van der Waals surface area contributed by atoms with E-state index in [-0.39, 0.29) is 5.75 Å². The molecule has 2 N–H and O–H groups in total. The summed E-state index contributed by atoms with van der Waals surface area (Å²) >= 11 is 1.58. The van der Waals surface area contributed by atoms with E-state index >= 15 is 0 Å². The number of aryl methyl sites for hydroxylation is 2. The zero-order valence-corrected chi connectivity index (χ0v) is 12.1. The van der Waals surface area contributed by atoms with Crippen LogP contribution in [0.25, 0.3) is 0 Å². The molecule has 0 aliphatic rings. The van der Waals surface area contributed by atoms with Crippen molar-refractivity contribution in [3.8, 4) is 5.75 Å². The van der Waals surface area contributed by atoms with Gasteiger partial charge in [0.15, 0.2) is 0 Å². The van der Waals surface area contributed by atoms with Gasteiger partial charge in [-0.1, -0.05) is 18.2 Å². The molecule has 1 aromatic heterocycles. The van der Waals surface area contributed by atoms with Crippen LogP contribution >= 0.6 is 11.3 Å². The normalized spacial score (nSPS) is 12.7. The van der Waals surface area contributed by atoms with Gasteiger partial charge in [0.1, 0.15) is 5.75 Å². The van der Waals surface area contributed by atoms with Crippen molar-refractivity contribution in [2.75, 3.05) is 0 Å². The summed E-state index contributed by atoms with van der Waals surface area (Å²) in [6.45, 7) is 1.08. The average Bonchev–Trinajstić information content (AvgIpc) is 2.68. The monoisotopic (exact) mass is 298 g/mol. The Balaban J connectivity index is 2.18. The molecule has 1 unspecified atom stereocenters. The lowest BCUT2D eigenvalue weighted by Gasteiger charge is -2.15. The maximum Gasteiger partial charge on any atom is 0.387 e. The number of alkyl halides is 2. The molecular formula is C14H16F2N2OS. The Bertz CT molecular complexity index is 567. The Labute approximate surface area is 120 Å². The van der Waals surface area contributed by atoms with Crippen molar-refractivity contribution < 1.29 is 13.5 Å². The van der Waals surface area contributed by atoms with Gasteiger partial charge in [0.25, 0.3) is 0 Å². The molecule has 108 valence electrons. The minimum Gasteiger partial charge on any atom is -0.434 e. The second-order valence-corrected chi connectivity index (χ2v) is 5.76. The number of para-hydroxylation sites is 1. The standard InChI is InChI=1S/C14H16F2N2OS/c1-8-9(2)20-13(18-8)7-11(17)10-5-3-4-6-12(10)19-14(15)16/h3-6,11,14H,7,17H2,1-2H3. The summed E-state index contributed by atoms with van der Waals surface area (Å²) in [5, 5.41) is 0.902. The van der Waals surface area contributed by atoms with E-state index in [4.69, 9.17) is 5.73 Å². The number of benzene rings is 1. The zero-order chi connectivity index (χ0) is 14.7. The minimum absolute atomic E-state index is 0.125. The number of nitrogens with two attached hydrogens (primary N) is 1. The van der Waals surface area contributed by atoms with Gasteiger partial charge in [-0.15, -0.1) is 11.3 Å². The Hall–Kier alpha value is -1.53. The summed E-state index contributed by atoms with van der Waals surface area (Å²) in [4.78, 5) is 5.56. The fraction of sp³-hybridized carbons (Fsp3) is 0.357. The van der Waals surface area contributed by atoms with E-state index < -0.39 is 12.7 Å². The van der Waals surface area contributed by atoms with Crippen molar-refractivity contribution in [3.63, 3.8) is 0 Å². The molecule has 0 saturated heterocycles. The van der Waals surface area contributed by atoms with Gasteiger partial charge in [0, 0.05) is 22.9 Å². The molecule has 1 aromatic carbocycles. The summed E-state index contributed by atoms with van der Waals surface area (Å²) in [6, 6.07) is 6.18. The summed E-state index contributed by atoms with van der Waals surface area (Å²) in [5.74, 6) is 0.125. The number of hydrogen-bond acceptors (Lipinski definition) is 4. The van der Waals surface area contributed by atoms with Gasteiger partial charge in [0.2, 0.25) is 0 Å². The van der Waals surface area contributed by atoms with Gasteiger partial charge in [-0.2, -0.15) is 8.78 Å². The first-order valence-electron chi connectivity index (χ1n) is 6.19. The quantitative estimate of drug-likeness (QED) is 0.917. The highest BCUT2D eigenvalue weighted by Crippen LogP contribution is 2.28. The molecule has 0 amide bonds. The SMILES string of the molecule is Cc1nc(CC(N)c2ccccc2OC(F)F)sc1C. The van der Waals surface area contributed by atoms with E-state index in [1.807, 2.05) is 13.8 Å². The van der Waals surface area contributed by atoms with Crippen molar-refractivity contribution in [2.45, 2.75) is 32.9 Å². The zero-order valence-electron chi connectivity index (χ0n) is 11.3. The predicted molar refractivity (Wildman–Crippen MR) is 75.3 cm³/mol. The lowest BCUT2D eigenvalue weighted by molar-refractivity contribution is -0.0506. The molecule has 0 aliphatic carbocycles. The number of halogens is 2. The van der Waals surface area contributed by atoms with E-state index in [0.717, 1.165) is 15.6 Å². The fourth-order valence-electron chi connectivity index (χ4n) is 1.91. The van der Waals surface area contributed by atoms with E-state index in [0.29, 0.717) is 12.0 Å². The van der Waals surface area contributed by atoms with E-state index in [9.17, 15) is 8.78 Å². The van der Waals surface area contributed by atoms with Crippen LogP contribution in [-0.2, 0) is 6.42 Å². The maximum atomic E-state index is 12.4. The van der Waals surface area contributed by atoms with Crippen LogP contribution in [0, 0.1) is 13.8 Å². The Morgan fingerprint density at radius 3 is 2.60 bits per heavy atom.